The van der Waals surface area contributed by atoms with E-state index in [2.05, 4.69) is 16.4 Å². The van der Waals surface area contributed by atoms with Crippen molar-refractivity contribution in [1.29, 1.82) is 0 Å². The number of ether oxygens (including phenoxy) is 1. The number of aromatic nitrogens is 3. The van der Waals surface area contributed by atoms with Crippen LogP contribution in [0.5, 0.6) is 5.75 Å². The van der Waals surface area contributed by atoms with E-state index in [1.165, 1.54) is 0 Å². The van der Waals surface area contributed by atoms with Crippen LogP contribution in [-0.2, 0) is 0 Å². The largest absolute Gasteiger partial charge is 0.489 e. The summed E-state index contributed by atoms with van der Waals surface area (Å²) in [5.41, 5.74) is 2.07. The minimum atomic E-state index is 0.648. The lowest BCUT2D eigenvalue weighted by Crippen LogP contribution is -2.02. The van der Waals surface area contributed by atoms with Gasteiger partial charge in [-0.15, -0.1) is 5.10 Å². The lowest BCUT2D eigenvalue weighted by atomic mass is 10.1. The first-order valence-electron chi connectivity index (χ1n) is 4.73. The second-order valence-corrected chi connectivity index (χ2v) is 3.28. The monoisotopic (exact) mass is 199 g/mol. The summed E-state index contributed by atoms with van der Waals surface area (Å²) in [6.45, 7) is 0.648. The molecule has 0 radical (unpaired) electrons. The zero-order chi connectivity index (χ0) is 10.1. The molecule has 2 heterocycles. The van der Waals surface area contributed by atoms with Crippen molar-refractivity contribution in [1.82, 2.24) is 15.0 Å². The highest BCUT2D eigenvalue weighted by Gasteiger charge is 2.06. The Morgan fingerprint density at radius 3 is 3.20 bits per heavy atom. The maximum absolute atomic E-state index is 5.46. The average molecular weight is 199 g/mol. The maximum atomic E-state index is 5.46. The van der Waals surface area contributed by atoms with Gasteiger partial charge in [-0.1, -0.05) is 11.3 Å². The molecule has 0 amide bonds. The zero-order valence-corrected chi connectivity index (χ0v) is 8.00. The third kappa shape index (κ3) is 1.40. The van der Waals surface area contributed by atoms with Gasteiger partial charge >= 0.3 is 0 Å². The molecule has 0 N–H and O–H groups in total. The minimum absolute atomic E-state index is 0.648. The smallest absolute Gasteiger partial charge is 0.127 e. The van der Waals surface area contributed by atoms with Gasteiger partial charge in [-0.2, -0.15) is 0 Å². The normalized spacial score (nSPS) is 13.3. The average Bonchev–Trinajstić information content (AvgIpc) is 2.82. The Morgan fingerprint density at radius 1 is 1.33 bits per heavy atom. The number of hydrogen-bond acceptors (Lipinski definition) is 3. The van der Waals surface area contributed by atoms with Crippen molar-refractivity contribution in [3.8, 4) is 11.4 Å². The van der Waals surface area contributed by atoms with Gasteiger partial charge in [-0.3, -0.25) is 0 Å². The van der Waals surface area contributed by atoms with Gasteiger partial charge in [0.05, 0.1) is 18.1 Å². The molecule has 4 heteroatoms. The van der Waals surface area contributed by atoms with E-state index in [0.717, 1.165) is 17.0 Å². The summed E-state index contributed by atoms with van der Waals surface area (Å²) in [6, 6.07) is 5.95. The Hall–Kier alpha value is -2.10. The quantitative estimate of drug-likeness (QED) is 0.701. The number of nitrogens with zero attached hydrogens (tertiary/aromatic N) is 3. The molecule has 4 nitrogen and oxygen atoms in total. The third-order valence-electron chi connectivity index (χ3n) is 2.31. The maximum Gasteiger partial charge on any atom is 0.127 e. The molecule has 0 spiro atoms. The van der Waals surface area contributed by atoms with Crippen molar-refractivity contribution >= 4 is 6.08 Å². The van der Waals surface area contributed by atoms with Gasteiger partial charge in [0.1, 0.15) is 12.4 Å². The van der Waals surface area contributed by atoms with Crippen LogP contribution in [0, 0.1) is 0 Å². The summed E-state index contributed by atoms with van der Waals surface area (Å²) in [5.74, 6) is 0.918. The first kappa shape index (κ1) is 8.23. The van der Waals surface area contributed by atoms with Gasteiger partial charge in [-0.05, 0) is 24.3 Å². The predicted molar refractivity (Wildman–Crippen MR) is 55.9 cm³/mol. The van der Waals surface area contributed by atoms with Crippen molar-refractivity contribution in [2.75, 3.05) is 6.61 Å². The van der Waals surface area contributed by atoms with Crippen molar-refractivity contribution in [2.45, 2.75) is 0 Å². The molecule has 1 aromatic heterocycles. The topological polar surface area (TPSA) is 39.9 Å². The number of fused-ring (bicyclic) bond motifs is 1. The van der Waals surface area contributed by atoms with Crippen LogP contribution in [0.15, 0.2) is 36.7 Å². The summed E-state index contributed by atoms with van der Waals surface area (Å²) in [7, 11) is 0. The Bertz CT molecular complexity index is 503. The van der Waals surface area contributed by atoms with Crippen molar-refractivity contribution in [2.24, 2.45) is 0 Å². The fourth-order valence-corrected chi connectivity index (χ4v) is 1.60. The highest BCUT2D eigenvalue weighted by Crippen LogP contribution is 2.25. The molecule has 3 rings (SSSR count). The van der Waals surface area contributed by atoms with E-state index >= 15 is 0 Å². The molecule has 74 valence electrons. The predicted octanol–water partition coefficient (Wildman–Crippen LogP) is 1.67. The lowest BCUT2D eigenvalue weighted by Gasteiger charge is -2.13. The Balaban J connectivity index is 2.10. The van der Waals surface area contributed by atoms with E-state index in [0.29, 0.717) is 6.61 Å². The molecular formula is C11H9N3O. The van der Waals surface area contributed by atoms with Crippen molar-refractivity contribution < 1.29 is 4.74 Å². The van der Waals surface area contributed by atoms with Gasteiger partial charge in [0.15, 0.2) is 0 Å². The molecule has 0 bridgehead atoms. The molecule has 1 aromatic carbocycles. The number of benzene rings is 1. The van der Waals surface area contributed by atoms with Crippen LogP contribution < -0.4 is 4.74 Å². The van der Waals surface area contributed by atoms with Crippen LogP contribution in [0.2, 0.25) is 0 Å². The van der Waals surface area contributed by atoms with E-state index in [4.69, 9.17) is 4.74 Å². The SMILES string of the molecule is C1=Cc2cc(-n3ccnn3)ccc2OC1. The van der Waals surface area contributed by atoms with Crippen molar-refractivity contribution in [3.05, 3.63) is 42.2 Å². The molecule has 1 aliphatic heterocycles. The minimum Gasteiger partial charge on any atom is -0.489 e. The van der Waals surface area contributed by atoms with E-state index in [1.807, 2.05) is 30.5 Å². The first-order valence-corrected chi connectivity index (χ1v) is 4.73. The van der Waals surface area contributed by atoms with Gasteiger partial charge in [0, 0.05) is 5.56 Å². The molecule has 2 aromatic rings. The highest BCUT2D eigenvalue weighted by atomic mass is 16.5. The Labute approximate surface area is 86.8 Å². The van der Waals surface area contributed by atoms with Crippen LogP contribution in [0.3, 0.4) is 0 Å². The molecule has 0 saturated carbocycles. The molecule has 0 atom stereocenters. The van der Waals surface area contributed by atoms with Gasteiger partial charge in [0.2, 0.25) is 0 Å². The molecule has 0 aliphatic carbocycles. The zero-order valence-electron chi connectivity index (χ0n) is 8.00. The van der Waals surface area contributed by atoms with Gasteiger partial charge in [-0.25, -0.2) is 4.68 Å². The Morgan fingerprint density at radius 2 is 2.33 bits per heavy atom. The number of hydrogen-bond donors (Lipinski definition) is 0. The van der Waals surface area contributed by atoms with E-state index in [9.17, 15) is 0 Å². The third-order valence-corrected chi connectivity index (χ3v) is 2.31. The molecule has 15 heavy (non-hydrogen) atoms. The second kappa shape index (κ2) is 3.24. The number of rotatable bonds is 1. The highest BCUT2D eigenvalue weighted by molar-refractivity contribution is 5.62. The summed E-state index contributed by atoms with van der Waals surface area (Å²) >= 11 is 0. The van der Waals surface area contributed by atoms with Gasteiger partial charge < -0.3 is 4.74 Å². The van der Waals surface area contributed by atoms with Crippen LogP contribution in [0.4, 0.5) is 0 Å². The fraction of sp³-hybridized carbons (Fsp3) is 0.0909. The van der Waals surface area contributed by atoms with Gasteiger partial charge in [0.25, 0.3) is 0 Å². The summed E-state index contributed by atoms with van der Waals surface area (Å²) in [4.78, 5) is 0. The summed E-state index contributed by atoms with van der Waals surface area (Å²) in [6.07, 6.45) is 7.52. The molecule has 1 aliphatic rings. The standard InChI is InChI=1S/C11H9N3O/c1-2-9-8-10(14-6-5-12-13-14)3-4-11(9)15-7-1/h1-6,8H,7H2. The second-order valence-electron chi connectivity index (χ2n) is 3.28. The Kier molecular flexibility index (Phi) is 1.78. The molecule has 0 unspecified atom stereocenters. The summed E-state index contributed by atoms with van der Waals surface area (Å²) in [5, 5.41) is 7.71. The van der Waals surface area contributed by atoms with E-state index < -0.39 is 0 Å². The van der Waals surface area contributed by atoms with Crippen LogP contribution in [0.25, 0.3) is 11.8 Å². The van der Waals surface area contributed by atoms with Crippen LogP contribution in [0.1, 0.15) is 5.56 Å². The van der Waals surface area contributed by atoms with Crippen LogP contribution in [-0.4, -0.2) is 21.6 Å². The molecule has 0 fully saturated rings. The van der Waals surface area contributed by atoms with E-state index in [1.54, 1.807) is 10.9 Å². The van der Waals surface area contributed by atoms with Crippen molar-refractivity contribution in [3.63, 3.8) is 0 Å². The lowest BCUT2D eigenvalue weighted by molar-refractivity contribution is 0.358. The molecular weight excluding hydrogens is 190 g/mol. The molecule has 0 saturated heterocycles. The van der Waals surface area contributed by atoms with Crippen LogP contribution >= 0.6 is 0 Å². The van der Waals surface area contributed by atoms with E-state index in [-0.39, 0.29) is 0 Å². The first-order chi connectivity index (χ1) is 7.43. The fourth-order valence-electron chi connectivity index (χ4n) is 1.60. The summed E-state index contributed by atoms with van der Waals surface area (Å²) < 4.78 is 7.19.